The fourth-order valence-corrected chi connectivity index (χ4v) is 5.91. The third-order valence-electron chi connectivity index (χ3n) is 5.95. The quantitative estimate of drug-likeness (QED) is 0.585. The Hall–Kier alpha value is -2.13. The molecule has 1 saturated heterocycles. The molecule has 0 radical (unpaired) electrons. The molecule has 172 valence electrons. The first-order valence-electron chi connectivity index (χ1n) is 10.8. The summed E-state index contributed by atoms with van der Waals surface area (Å²) in [7, 11) is -2.72. The van der Waals surface area contributed by atoms with E-state index in [0.717, 1.165) is 4.31 Å². The Morgan fingerprint density at radius 2 is 1.74 bits per heavy atom. The normalized spacial score (nSPS) is 23.2. The number of benzene rings is 1. The second-order valence-corrected chi connectivity index (χ2v) is 10.1. The second kappa shape index (κ2) is 10.5. The van der Waals surface area contributed by atoms with Gasteiger partial charge in [-0.05, 0) is 49.4 Å². The Labute approximate surface area is 183 Å². The summed E-state index contributed by atoms with van der Waals surface area (Å²) in [4.78, 5) is 23.6. The highest BCUT2D eigenvalue weighted by molar-refractivity contribution is 7.89. The van der Waals surface area contributed by atoms with Crippen molar-refractivity contribution in [1.29, 1.82) is 0 Å². The second-order valence-electron chi connectivity index (χ2n) is 8.20. The Kier molecular flexibility index (Phi) is 7.94. The summed E-state index contributed by atoms with van der Waals surface area (Å²) < 4.78 is 43.5. The lowest BCUT2D eigenvalue weighted by Gasteiger charge is -2.36. The zero-order chi connectivity index (χ0) is 22.4. The van der Waals surface area contributed by atoms with Crippen molar-refractivity contribution in [2.24, 2.45) is 5.92 Å². The standard InChI is InChI=1S/C22H31NO7S/c1-16(24)30-19-12-13-23(21(14-19)22(25)28-2)31(26,27)20-10-8-18(9-11-20)29-15-17-6-4-3-5-7-17/h8-11,17,19,21H,3-7,12-15H2,1-2H3/t19-,21-/m1/s1. The molecule has 0 bridgehead atoms. The van der Waals surface area contributed by atoms with Crippen LogP contribution in [-0.4, -0.2) is 57.1 Å². The summed E-state index contributed by atoms with van der Waals surface area (Å²) in [6.07, 6.45) is 5.96. The van der Waals surface area contributed by atoms with Gasteiger partial charge < -0.3 is 14.2 Å². The zero-order valence-electron chi connectivity index (χ0n) is 18.1. The van der Waals surface area contributed by atoms with E-state index in [2.05, 4.69) is 0 Å². The van der Waals surface area contributed by atoms with E-state index in [1.54, 1.807) is 12.1 Å². The average molecular weight is 454 g/mol. The smallest absolute Gasteiger partial charge is 0.324 e. The van der Waals surface area contributed by atoms with Crippen LogP contribution in [0.15, 0.2) is 29.2 Å². The molecule has 2 fully saturated rings. The van der Waals surface area contributed by atoms with Gasteiger partial charge in [-0.1, -0.05) is 19.3 Å². The molecule has 8 nitrogen and oxygen atoms in total. The number of esters is 2. The minimum atomic E-state index is -3.93. The molecule has 1 aromatic carbocycles. The Morgan fingerprint density at radius 3 is 2.35 bits per heavy atom. The maximum absolute atomic E-state index is 13.2. The van der Waals surface area contributed by atoms with Gasteiger partial charge >= 0.3 is 11.9 Å². The molecule has 0 spiro atoms. The molecule has 1 aliphatic heterocycles. The van der Waals surface area contributed by atoms with Gasteiger partial charge in [0.1, 0.15) is 17.9 Å². The van der Waals surface area contributed by atoms with Crippen LogP contribution in [0, 0.1) is 5.92 Å². The van der Waals surface area contributed by atoms with Gasteiger partial charge in [0.15, 0.2) is 0 Å². The number of nitrogens with zero attached hydrogens (tertiary/aromatic N) is 1. The van der Waals surface area contributed by atoms with Crippen molar-refractivity contribution in [3.05, 3.63) is 24.3 Å². The van der Waals surface area contributed by atoms with E-state index < -0.39 is 34.1 Å². The molecular weight excluding hydrogens is 422 g/mol. The molecule has 0 aromatic heterocycles. The van der Waals surface area contributed by atoms with Gasteiger partial charge in [-0.15, -0.1) is 0 Å². The van der Waals surface area contributed by atoms with Crippen LogP contribution in [-0.2, 0) is 29.1 Å². The number of hydrogen-bond donors (Lipinski definition) is 0. The monoisotopic (exact) mass is 453 g/mol. The molecule has 3 rings (SSSR count). The lowest BCUT2D eigenvalue weighted by molar-refractivity contribution is -0.155. The summed E-state index contributed by atoms with van der Waals surface area (Å²) in [5.74, 6) is 0.0423. The highest BCUT2D eigenvalue weighted by atomic mass is 32.2. The summed E-state index contributed by atoms with van der Waals surface area (Å²) in [5.41, 5.74) is 0. The van der Waals surface area contributed by atoms with Crippen LogP contribution in [0.4, 0.5) is 0 Å². The summed E-state index contributed by atoms with van der Waals surface area (Å²) in [6, 6.07) is 5.24. The predicted octanol–water partition coefficient (Wildman–Crippen LogP) is 2.90. The van der Waals surface area contributed by atoms with Gasteiger partial charge in [-0.3, -0.25) is 9.59 Å². The number of piperidine rings is 1. The molecule has 1 heterocycles. The van der Waals surface area contributed by atoms with Crippen molar-refractivity contribution >= 4 is 22.0 Å². The first-order chi connectivity index (χ1) is 14.8. The van der Waals surface area contributed by atoms with E-state index in [9.17, 15) is 18.0 Å². The van der Waals surface area contributed by atoms with Gasteiger partial charge in [-0.25, -0.2) is 8.42 Å². The SMILES string of the molecule is COC(=O)[C@H]1C[C@H](OC(C)=O)CCN1S(=O)(=O)c1ccc(OCC2CCCCC2)cc1. The molecule has 31 heavy (non-hydrogen) atoms. The molecule has 0 unspecified atom stereocenters. The number of carbonyl (C=O) groups is 2. The largest absolute Gasteiger partial charge is 0.493 e. The third kappa shape index (κ3) is 5.98. The van der Waals surface area contributed by atoms with Crippen molar-refractivity contribution in [2.45, 2.75) is 68.9 Å². The van der Waals surface area contributed by atoms with Crippen molar-refractivity contribution in [3.63, 3.8) is 0 Å². The molecule has 1 aromatic rings. The van der Waals surface area contributed by atoms with Crippen molar-refractivity contribution < 1.29 is 32.2 Å². The molecule has 2 aliphatic rings. The van der Waals surface area contributed by atoms with Crippen molar-refractivity contribution in [1.82, 2.24) is 4.31 Å². The molecule has 0 amide bonds. The molecule has 1 saturated carbocycles. The fraction of sp³-hybridized carbons (Fsp3) is 0.636. The van der Waals surface area contributed by atoms with E-state index in [4.69, 9.17) is 14.2 Å². The van der Waals surface area contributed by atoms with Gasteiger partial charge in [0.2, 0.25) is 10.0 Å². The first kappa shape index (κ1) is 23.5. The Balaban J connectivity index is 1.69. The zero-order valence-corrected chi connectivity index (χ0v) is 18.9. The molecule has 2 atom stereocenters. The van der Waals surface area contributed by atoms with E-state index in [1.165, 1.54) is 58.3 Å². The van der Waals surface area contributed by atoms with Crippen LogP contribution in [0.2, 0.25) is 0 Å². The fourth-order valence-electron chi connectivity index (χ4n) is 4.30. The van der Waals surface area contributed by atoms with Gasteiger partial charge in [0, 0.05) is 19.9 Å². The van der Waals surface area contributed by atoms with Crippen LogP contribution in [0.3, 0.4) is 0 Å². The molecular formula is C22H31NO7S. The average Bonchev–Trinajstić information content (AvgIpc) is 2.77. The lowest BCUT2D eigenvalue weighted by atomic mass is 9.90. The van der Waals surface area contributed by atoms with Gasteiger partial charge in [-0.2, -0.15) is 4.31 Å². The summed E-state index contributed by atoms with van der Waals surface area (Å²) in [6.45, 7) is 1.98. The maximum Gasteiger partial charge on any atom is 0.324 e. The van der Waals surface area contributed by atoms with E-state index in [1.807, 2.05) is 0 Å². The highest BCUT2D eigenvalue weighted by Crippen LogP contribution is 2.29. The summed E-state index contributed by atoms with van der Waals surface area (Å²) >= 11 is 0. The number of sulfonamides is 1. The van der Waals surface area contributed by atoms with E-state index >= 15 is 0 Å². The minimum absolute atomic E-state index is 0.0555. The minimum Gasteiger partial charge on any atom is -0.493 e. The van der Waals surface area contributed by atoms with Crippen molar-refractivity contribution in [3.8, 4) is 5.75 Å². The number of rotatable bonds is 7. The van der Waals surface area contributed by atoms with E-state index in [0.29, 0.717) is 24.7 Å². The molecule has 9 heteroatoms. The Morgan fingerprint density at radius 1 is 1.06 bits per heavy atom. The number of ether oxygens (including phenoxy) is 3. The van der Waals surface area contributed by atoms with Gasteiger partial charge in [0.05, 0.1) is 18.6 Å². The molecule has 1 aliphatic carbocycles. The van der Waals surface area contributed by atoms with Crippen molar-refractivity contribution in [2.75, 3.05) is 20.3 Å². The number of methoxy groups -OCH3 is 1. The van der Waals surface area contributed by atoms with Gasteiger partial charge in [0.25, 0.3) is 0 Å². The lowest BCUT2D eigenvalue weighted by Crippen LogP contribution is -2.52. The Bertz CT molecular complexity index is 862. The first-order valence-corrected chi connectivity index (χ1v) is 12.2. The number of carbonyl (C=O) groups excluding carboxylic acids is 2. The van der Waals surface area contributed by atoms with Crippen LogP contribution in [0.1, 0.15) is 51.9 Å². The number of hydrogen-bond acceptors (Lipinski definition) is 7. The molecule has 0 N–H and O–H groups in total. The summed E-state index contributed by atoms with van der Waals surface area (Å²) in [5, 5.41) is 0. The predicted molar refractivity (Wildman–Crippen MR) is 113 cm³/mol. The van der Waals surface area contributed by atoms with E-state index in [-0.39, 0.29) is 17.9 Å². The topological polar surface area (TPSA) is 99.2 Å². The van der Waals surface area contributed by atoms with Crippen LogP contribution < -0.4 is 4.74 Å². The van der Waals surface area contributed by atoms with Crippen LogP contribution in [0.5, 0.6) is 5.75 Å². The maximum atomic E-state index is 13.2. The van der Waals surface area contributed by atoms with Crippen LogP contribution >= 0.6 is 0 Å². The third-order valence-corrected chi connectivity index (χ3v) is 7.87. The highest BCUT2D eigenvalue weighted by Gasteiger charge is 2.42. The van der Waals surface area contributed by atoms with Crippen LogP contribution in [0.25, 0.3) is 0 Å².